The van der Waals surface area contributed by atoms with E-state index in [2.05, 4.69) is 0 Å². The summed E-state index contributed by atoms with van der Waals surface area (Å²) in [6, 6.07) is 0. The van der Waals surface area contributed by atoms with Gasteiger partial charge in [-0.25, -0.2) is 4.39 Å². The lowest BCUT2D eigenvalue weighted by Gasteiger charge is -2.05. The molecule has 1 heteroatoms. The Bertz CT molecular complexity index is 153. The molecule has 42 valence electrons. The van der Waals surface area contributed by atoms with Crippen molar-refractivity contribution in [3.05, 3.63) is 24.3 Å². The van der Waals surface area contributed by atoms with E-state index in [0.29, 0.717) is 12.3 Å². The van der Waals surface area contributed by atoms with Gasteiger partial charge < -0.3 is 0 Å². The molecule has 0 spiro atoms. The van der Waals surface area contributed by atoms with Crippen LogP contribution in [0.15, 0.2) is 24.3 Å². The van der Waals surface area contributed by atoms with E-state index in [1.165, 1.54) is 0 Å². The van der Waals surface area contributed by atoms with Crippen LogP contribution in [0.3, 0.4) is 0 Å². The van der Waals surface area contributed by atoms with Gasteiger partial charge >= 0.3 is 0 Å². The molecule has 0 radical (unpaired) electrons. The van der Waals surface area contributed by atoms with Crippen LogP contribution >= 0.6 is 0 Å². The number of fused-ring (bicyclic) bond motifs is 2. The van der Waals surface area contributed by atoms with E-state index in [4.69, 9.17) is 0 Å². The van der Waals surface area contributed by atoms with Gasteiger partial charge in [-0.15, -0.1) is 0 Å². The lowest BCUT2D eigenvalue weighted by Crippen LogP contribution is -2.08. The van der Waals surface area contributed by atoms with Crippen molar-refractivity contribution in [2.75, 3.05) is 0 Å². The summed E-state index contributed by atoms with van der Waals surface area (Å²) >= 11 is 0. The maximum Gasteiger partial charge on any atom is 0.148 e. The van der Waals surface area contributed by atoms with Crippen LogP contribution in [0.4, 0.5) is 4.39 Å². The molecule has 0 unspecified atom stereocenters. The molecule has 0 aromatic heterocycles. The van der Waals surface area contributed by atoms with Gasteiger partial charge in [-0.05, 0) is 24.5 Å². The molecule has 0 saturated heterocycles. The van der Waals surface area contributed by atoms with Gasteiger partial charge in [0.2, 0.25) is 0 Å². The van der Waals surface area contributed by atoms with Crippen LogP contribution in [0.25, 0.3) is 0 Å². The average molecular weight is 110 g/mol. The Morgan fingerprint density at radius 1 is 1.38 bits per heavy atom. The third kappa shape index (κ3) is 0.391. The average Bonchev–Trinajstić information content (AvgIpc) is 2.21. The van der Waals surface area contributed by atoms with Crippen LogP contribution < -0.4 is 0 Å². The fourth-order valence-electron chi connectivity index (χ4n) is 1.32. The molecule has 0 fully saturated rings. The minimum Gasteiger partial charge on any atom is -0.235 e. The highest BCUT2D eigenvalue weighted by molar-refractivity contribution is 5.31. The lowest BCUT2D eigenvalue weighted by molar-refractivity contribution is 0.298. The Hall–Kier alpha value is -0.590. The van der Waals surface area contributed by atoms with Crippen LogP contribution in [-0.2, 0) is 0 Å². The second-order valence-corrected chi connectivity index (χ2v) is 2.51. The van der Waals surface area contributed by atoms with Crippen molar-refractivity contribution in [2.45, 2.75) is 12.1 Å². The molecule has 0 amide bonds. The first kappa shape index (κ1) is 4.30. The molecular weight excluding hydrogens is 103 g/mol. The van der Waals surface area contributed by atoms with E-state index >= 15 is 0 Å². The van der Waals surface area contributed by atoms with Crippen molar-refractivity contribution in [2.24, 2.45) is 5.92 Å². The van der Waals surface area contributed by atoms with Crippen molar-refractivity contribution < 1.29 is 4.39 Å². The molecule has 0 aromatic carbocycles. The van der Waals surface area contributed by atoms with Crippen LogP contribution in [0.1, 0.15) is 6.42 Å². The number of halogens is 1. The maximum absolute atomic E-state index is 12.9. The summed E-state index contributed by atoms with van der Waals surface area (Å²) in [5, 5.41) is 0. The van der Waals surface area contributed by atoms with Crippen LogP contribution in [0.5, 0.6) is 0 Å². The summed E-state index contributed by atoms with van der Waals surface area (Å²) in [5.41, 5.74) is -1.05. The van der Waals surface area contributed by atoms with Crippen molar-refractivity contribution in [1.82, 2.24) is 0 Å². The zero-order valence-electron chi connectivity index (χ0n) is 4.47. The highest BCUT2D eigenvalue weighted by Crippen LogP contribution is 2.38. The van der Waals surface area contributed by atoms with Crippen molar-refractivity contribution in [3.63, 3.8) is 0 Å². The Kier molecular flexibility index (Phi) is 0.561. The number of hydrogen-bond acceptors (Lipinski definition) is 0. The van der Waals surface area contributed by atoms with Gasteiger partial charge in [0.15, 0.2) is 0 Å². The fourth-order valence-corrected chi connectivity index (χ4v) is 1.32. The van der Waals surface area contributed by atoms with Gasteiger partial charge in [0.25, 0.3) is 0 Å². The van der Waals surface area contributed by atoms with Gasteiger partial charge in [-0.1, -0.05) is 12.2 Å². The molecule has 0 N–H and O–H groups in total. The third-order valence-corrected chi connectivity index (χ3v) is 1.79. The first-order valence-corrected chi connectivity index (χ1v) is 2.86. The van der Waals surface area contributed by atoms with Gasteiger partial charge in [0.1, 0.15) is 5.67 Å². The zero-order valence-corrected chi connectivity index (χ0v) is 4.47. The molecule has 8 heavy (non-hydrogen) atoms. The molecule has 2 rings (SSSR count). The SMILES string of the molecule is FC12C=CC(C=C1)C2. The molecular formula is C7H7F. The zero-order chi connectivity index (χ0) is 5.61. The number of alkyl halides is 1. The molecule has 0 aromatic rings. The molecule has 0 nitrogen and oxygen atoms in total. The highest BCUT2D eigenvalue weighted by Gasteiger charge is 2.35. The predicted molar refractivity (Wildman–Crippen MR) is 30.2 cm³/mol. The van der Waals surface area contributed by atoms with E-state index < -0.39 is 5.67 Å². The second kappa shape index (κ2) is 1.04. The van der Waals surface area contributed by atoms with Gasteiger partial charge in [-0.3, -0.25) is 0 Å². The molecule has 2 aliphatic carbocycles. The van der Waals surface area contributed by atoms with Crippen molar-refractivity contribution >= 4 is 0 Å². The lowest BCUT2D eigenvalue weighted by atomic mass is 10.1. The van der Waals surface area contributed by atoms with Crippen LogP contribution in [0.2, 0.25) is 0 Å². The Labute approximate surface area is 47.7 Å². The normalized spacial score (nSPS) is 48.9. The van der Waals surface area contributed by atoms with E-state index in [9.17, 15) is 4.39 Å². The van der Waals surface area contributed by atoms with Gasteiger partial charge in [-0.2, -0.15) is 0 Å². The van der Waals surface area contributed by atoms with Crippen LogP contribution in [-0.4, -0.2) is 5.67 Å². The van der Waals surface area contributed by atoms with Crippen molar-refractivity contribution in [3.8, 4) is 0 Å². The second-order valence-electron chi connectivity index (χ2n) is 2.51. The molecule has 0 heterocycles. The molecule has 0 atom stereocenters. The number of hydrogen-bond donors (Lipinski definition) is 0. The first-order valence-electron chi connectivity index (χ1n) is 2.86. The molecule has 2 bridgehead atoms. The van der Waals surface area contributed by atoms with E-state index in [0.717, 1.165) is 0 Å². The Morgan fingerprint density at radius 3 is 2.12 bits per heavy atom. The Balaban J connectivity index is 2.43. The summed E-state index contributed by atoms with van der Waals surface area (Å²) in [6.07, 6.45) is 7.82. The molecule has 0 saturated carbocycles. The van der Waals surface area contributed by atoms with E-state index in [1.54, 1.807) is 12.2 Å². The summed E-state index contributed by atoms with van der Waals surface area (Å²) in [5.74, 6) is 0.403. The quantitative estimate of drug-likeness (QED) is 0.417. The minimum absolute atomic E-state index is 0.403. The summed E-state index contributed by atoms with van der Waals surface area (Å²) in [6.45, 7) is 0. The molecule has 2 aliphatic rings. The first-order chi connectivity index (χ1) is 3.79. The maximum atomic E-state index is 12.9. The van der Waals surface area contributed by atoms with Crippen LogP contribution in [0, 0.1) is 5.92 Å². The topological polar surface area (TPSA) is 0 Å². The monoisotopic (exact) mass is 110 g/mol. The summed E-state index contributed by atoms with van der Waals surface area (Å²) in [7, 11) is 0. The van der Waals surface area contributed by atoms with Crippen molar-refractivity contribution in [1.29, 1.82) is 0 Å². The predicted octanol–water partition coefficient (Wildman–Crippen LogP) is 1.84. The summed E-state index contributed by atoms with van der Waals surface area (Å²) < 4.78 is 12.9. The van der Waals surface area contributed by atoms with Gasteiger partial charge in [0.05, 0.1) is 0 Å². The Morgan fingerprint density at radius 2 is 2.00 bits per heavy atom. The largest absolute Gasteiger partial charge is 0.235 e. The number of allylic oxidation sites excluding steroid dienone is 4. The summed E-state index contributed by atoms with van der Waals surface area (Å²) in [4.78, 5) is 0. The third-order valence-electron chi connectivity index (χ3n) is 1.79. The number of rotatable bonds is 0. The minimum atomic E-state index is -1.05. The fraction of sp³-hybridized carbons (Fsp3) is 0.429. The molecule has 0 aliphatic heterocycles. The van der Waals surface area contributed by atoms with E-state index in [-0.39, 0.29) is 0 Å². The van der Waals surface area contributed by atoms with E-state index in [1.807, 2.05) is 12.2 Å². The smallest absolute Gasteiger partial charge is 0.148 e. The van der Waals surface area contributed by atoms with Gasteiger partial charge in [0, 0.05) is 0 Å². The standard InChI is InChI=1S/C7H7F/c8-7-3-1-6(5-7)2-4-7/h1-4,6H,5H2. The highest BCUT2D eigenvalue weighted by atomic mass is 19.1.